The van der Waals surface area contributed by atoms with Crippen LogP contribution in [-0.2, 0) is 49.8 Å². The molecule has 9 heterocycles. The number of ether oxygens (including phenoxy) is 5. The van der Waals surface area contributed by atoms with Crippen LogP contribution in [0.4, 0.5) is 0 Å². The van der Waals surface area contributed by atoms with Gasteiger partial charge in [-0.3, -0.25) is 0 Å². The van der Waals surface area contributed by atoms with Gasteiger partial charge in [-0.15, -0.1) is 5.10 Å². The van der Waals surface area contributed by atoms with E-state index in [1.54, 1.807) is 0 Å². The van der Waals surface area contributed by atoms with Crippen LogP contribution in [0.5, 0.6) is 0 Å². The maximum Gasteiger partial charge on any atom is 0.201 e. The summed E-state index contributed by atoms with van der Waals surface area (Å²) in [6.45, 7) is 13.2. The van der Waals surface area contributed by atoms with Crippen LogP contribution in [0.2, 0.25) is 0 Å². The van der Waals surface area contributed by atoms with Crippen molar-refractivity contribution in [3.05, 3.63) is 11.9 Å². The minimum Gasteiger partial charge on any atom is -0.346 e. The van der Waals surface area contributed by atoms with Gasteiger partial charge in [-0.25, -0.2) is 24.2 Å². The molecule has 16 atom stereocenters. The van der Waals surface area contributed by atoms with E-state index in [2.05, 4.69) is 38.0 Å². The van der Waals surface area contributed by atoms with Crippen LogP contribution in [-0.4, -0.2) is 56.6 Å². The van der Waals surface area contributed by atoms with Crippen molar-refractivity contribution in [3.8, 4) is 0 Å². The molecule has 10 fully saturated rings. The average molecular weight is 632 g/mol. The van der Waals surface area contributed by atoms with Crippen LogP contribution >= 0.6 is 0 Å². The number of rotatable bonds is 4. The van der Waals surface area contributed by atoms with E-state index >= 15 is 0 Å². The molecule has 2 aliphatic carbocycles. The number of aromatic nitrogens is 3. The Kier molecular flexibility index (Phi) is 6.74. The normalized spacial score (nSPS) is 56.7. The summed E-state index contributed by atoms with van der Waals surface area (Å²) in [6, 6.07) is 0. The fourth-order valence-corrected chi connectivity index (χ4v) is 10.9. The lowest BCUT2D eigenvalue weighted by atomic mass is 9.58. The lowest BCUT2D eigenvalue weighted by Gasteiger charge is -2.60. The third kappa shape index (κ3) is 4.16. The van der Waals surface area contributed by atoms with Gasteiger partial charge in [0.25, 0.3) is 0 Å². The van der Waals surface area contributed by atoms with Gasteiger partial charge < -0.3 is 23.7 Å². The molecule has 11 rings (SSSR count). The zero-order chi connectivity index (χ0) is 30.9. The van der Waals surface area contributed by atoms with E-state index in [0.717, 1.165) is 57.1 Å². The Morgan fingerprint density at radius 1 is 0.733 bits per heavy atom. The van der Waals surface area contributed by atoms with Crippen LogP contribution in [0.25, 0.3) is 0 Å². The van der Waals surface area contributed by atoms with E-state index in [4.69, 9.17) is 43.2 Å². The Bertz CT molecular complexity index is 1320. The van der Waals surface area contributed by atoms with Gasteiger partial charge in [0, 0.05) is 36.5 Å². The van der Waals surface area contributed by atoms with Gasteiger partial charge in [0.05, 0.1) is 12.8 Å². The summed E-state index contributed by atoms with van der Waals surface area (Å²) in [7, 11) is 0. The van der Waals surface area contributed by atoms with Crippen molar-refractivity contribution >= 4 is 0 Å². The highest BCUT2D eigenvalue weighted by atomic mass is 17.3. The van der Waals surface area contributed by atoms with E-state index in [1.807, 2.05) is 24.7 Å². The molecule has 2 saturated carbocycles. The van der Waals surface area contributed by atoms with Crippen LogP contribution in [0.3, 0.4) is 0 Å². The number of hydrogen-bond donors (Lipinski definition) is 0. The fraction of sp³-hybridized carbons (Fsp3) is 0.939. The largest absolute Gasteiger partial charge is 0.346 e. The van der Waals surface area contributed by atoms with Gasteiger partial charge in [0.2, 0.25) is 11.6 Å². The summed E-state index contributed by atoms with van der Waals surface area (Å²) in [5.74, 6) is 0.665. The van der Waals surface area contributed by atoms with Crippen LogP contribution in [0, 0.1) is 47.3 Å². The molecule has 2 spiro atoms. The Morgan fingerprint density at radius 2 is 1.31 bits per heavy atom. The molecule has 1 aromatic rings. The Hall–Kier alpha value is -1.22. The standard InChI is InChI=1S/C33H49N3O9/c1-17-7-9-24-19(3)26(38-28-32(24)22(17)11-13-30(5,40-28)42-44-32)36-15-21(34-35-36)16-37-27-20(4)25-10-8-18(2)23-12-14-31(6)41-29(39-27)33(23,25)45-43-31/h15,17-20,22-29H,7-14,16H2,1-6H3/t17-,18-,19-,20-,22+,23+,24+,25+,26?,27-,28-,29-,30-,31+,32-,33-/m1/s1. The lowest BCUT2D eigenvalue weighted by molar-refractivity contribution is -0.577. The lowest BCUT2D eigenvalue weighted by Crippen LogP contribution is -2.70. The quantitative estimate of drug-likeness (QED) is 0.399. The van der Waals surface area contributed by atoms with Gasteiger partial charge in [0.1, 0.15) is 5.69 Å². The predicted octanol–water partition coefficient (Wildman–Crippen LogP) is 5.38. The first-order valence-corrected chi connectivity index (χ1v) is 17.5. The molecule has 0 N–H and O–H groups in total. The maximum absolute atomic E-state index is 6.76. The SMILES string of the molecule is C[C@H]1[C@H](OCc2cn(C3O[C@@H]4O[C@@]5(C)CC[C@H]6[C@H](C)CC[C@@H]([C@H]3C)[C@@]46OO5)nn2)O[C@@H]2O[C@]3(C)CC[C@H]4[C@H](C)CC[C@@H]1[C@@]24OO3. The van der Waals surface area contributed by atoms with Gasteiger partial charge in [-0.05, 0) is 76.0 Å². The minimum atomic E-state index is -0.815. The van der Waals surface area contributed by atoms with Crippen molar-refractivity contribution in [2.24, 2.45) is 47.3 Å². The summed E-state index contributed by atoms with van der Waals surface area (Å²) < 4.78 is 34.7. The number of fused-ring (bicyclic) bond motifs is 4. The summed E-state index contributed by atoms with van der Waals surface area (Å²) >= 11 is 0. The maximum atomic E-state index is 6.76. The summed E-state index contributed by atoms with van der Waals surface area (Å²) in [6.07, 6.45) is 7.99. The summed E-state index contributed by atoms with van der Waals surface area (Å²) in [5.41, 5.74) is -0.496. The molecular weight excluding hydrogens is 582 g/mol. The molecule has 4 bridgehead atoms. The van der Waals surface area contributed by atoms with Crippen molar-refractivity contribution in [2.45, 2.75) is 147 Å². The highest BCUT2D eigenvalue weighted by molar-refractivity contribution is 5.11. The van der Waals surface area contributed by atoms with Gasteiger partial charge in [0.15, 0.2) is 36.3 Å². The molecule has 0 radical (unpaired) electrons. The highest BCUT2D eigenvalue weighted by Gasteiger charge is 2.71. The van der Waals surface area contributed by atoms with E-state index in [1.165, 1.54) is 0 Å². The molecule has 8 saturated heterocycles. The summed E-state index contributed by atoms with van der Waals surface area (Å²) in [4.78, 5) is 24.5. The topological polar surface area (TPSA) is 114 Å². The first kappa shape index (κ1) is 29.9. The van der Waals surface area contributed by atoms with Crippen LogP contribution in [0.1, 0.15) is 105 Å². The molecule has 0 aromatic carbocycles. The zero-order valence-electron chi connectivity index (χ0n) is 27.4. The van der Waals surface area contributed by atoms with E-state index in [9.17, 15) is 0 Å². The van der Waals surface area contributed by atoms with Crippen molar-refractivity contribution in [3.63, 3.8) is 0 Å². The molecular formula is C33H49N3O9. The van der Waals surface area contributed by atoms with Gasteiger partial charge in [-0.1, -0.05) is 32.9 Å². The summed E-state index contributed by atoms with van der Waals surface area (Å²) in [5, 5.41) is 9.05. The van der Waals surface area contributed by atoms with Crippen LogP contribution < -0.4 is 0 Å². The molecule has 8 aliphatic heterocycles. The first-order valence-electron chi connectivity index (χ1n) is 17.5. The molecule has 12 heteroatoms. The monoisotopic (exact) mass is 631 g/mol. The molecule has 1 unspecified atom stereocenters. The fourth-order valence-electron chi connectivity index (χ4n) is 10.9. The van der Waals surface area contributed by atoms with Crippen molar-refractivity contribution < 1.29 is 43.2 Å². The minimum absolute atomic E-state index is 0.0897. The third-order valence-electron chi connectivity index (χ3n) is 13.4. The van der Waals surface area contributed by atoms with E-state index in [0.29, 0.717) is 23.7 Å². The van der Waals surface area contributed by atoms with Crippen molar-refractivity contribution in [1.29, 1.82) is 0 Å². The second-order valence-electron chi connectivity index (χ2n) is 16.1. The van der Waals surface area contributed by atoms with E-state index < -0.39 is 41.6 Å². The number of nitrogens with zero attached hydrogens (tertiary/aromatic N) is 3. The van der Waals surface area contributed by atoms with Gasteiger partial charge >= 0.3 is 0 Å². The molecule has 10 aliphatic rings. The van der Waals surface area contributed by atoms with Crippen LogP contribution in [0.15, 0.2) is 6.20 Å². The molecule has 250 valence electrons. The second-order valence-corrected chi connectivity index (χ2v) is 16.1. The Morgan fingerprint density at radius 3 is 1.93 bits per heavy atom. The smallest absolute Gasteiger partial charge is 0.201 e. The molecule has 0 amide bonds. The van der Waals surface area contributed by atoms with Gasteiger partial charge in [-0.2, -0.15) is 0 Å². The molecule has 1 aromatic heterocycles. The van der Waals surface area contributed by atoms with E-state index in [-0.39, 0.29) is 36.5 Å². The second kappa shape index (κ2) is 10.1. The third-order valence-corrected chi connectivity index (χ3v) is 13.4. The Balaban J connectivity index is 0.928. The molecule has 12 nitrogen and oxygen atoms in total. The predicted molar refractivity (Wildman–Crippen MR) is 154 cm³/mol. The number of hydrogen-bond acceptors (Lipinski definition) is 11. The van der Waals surface area contributed by atoms with Crippen molar-refractivity contribution in [2.75, 3.05) is 0 Å². The average Bonchev–Trinajstić information content (AvgIpc) is 3.21. The first-order chi connectivity index (χ1) is 21.6. The highest BCUT2D eigenvalue weighted by Crippen LogP contribution is 2.63. The van der Waals surface area contributed by atoms with Crippen molar-refractivity contribution in [1.82, 2.24) is 15.0 Å². The molecule has 45 heavy (non-hydrogen) atoms. The zero-order valence-corrected chi connectivity index (χ0v) is 27.4. The Labute approximate surface area is 264 Å².